The lowest BCUT2D eigenvalue weighted by atomic mass is 9.89. The Morgan fingerprint density at radius 1 is 1.47 bits per heavy atom. The van der Waals surface area contributed by atoms with Crippen molar-refractivity contribution in [2.45, 2.75) is 58.3 Å². The molecule has 1 saturated carbocycles. The Balaban J connectivity index is 2.01. The molecule has 0 atom stereocenters. The molecule has 1 aliphatic rings. The molecule has 2 N–H and O–H groups in total. The molecule has 0 amide bonds. The summed E-state index contributed by atoms with van der Waals surface area (Å²) in [5, 5.41) is 17.9. The van der Waals surface area contributed by atoms with Crippen LogP contribution in [0.15, 0.2) is 0 Å². The van der Waals surface area contributed by atoms with Crippen molar-refractivity contribution < 1.29 is 5.11 Å². The summed E-state index contributed by atoms with van der Waals surface area (Å²) < 4.78 is 1.96. The van der Waals surface area contributed by atoms with Crippen LogP contribution in [0, 0.1) is 0 Å². The van der Waals surface area contributed by atoms with E-state index in [-0.39, 0.29) is 6.10 Å². The predicted molar refractivity (Wildman–Crippen MR) is 68.2 cm³/mol. The van der Waals surface area contributed by atoms with Crippen molar-refractivity contribution in [2.75, 3.05) is 0 Å². The summed E-state index contributed by atoms with van der Waals surface area (Å²) in [6.07, 6.45) is 2.43. The second kappa shape index (κ2) is 5.38. The number of nitrogens with zero attached hydrogens (tertiary/aromatic N) is 2. The zero-order chi connectivity index (χ0) is 12.4. The van der Waals surface area contributed by atoms with Crippen LogP contribution < -0.4 is 5.32 Å². The van der Waals surface area contributed by atoms with Crippen LogP contribution in [0.3, 0.4) is 0 Å². The minimum Gasteiger partial charge on any atom is -0.393 e. The van der Waals surface area contributed by atoms with E-state index in [1.807, 2.05) is 4.68 Å². The van der Waals surface area contributed by atoms with Crippen molar-refractivity contribution in [2.24, 2.45) is 0 Å². The molecule has 1 aromatic rings. The van der Waals surface area contributed by atoms with E-state index in [4.69, 9.17) is 11.6 Å². The van der Waals surface area contributed by atoms with Crippen LogP contribution in [-0.2, 0) is 19.5 Å². The average molecular weight is 258 g/mol. The van der Waals surface area contributed by atoms with E-state index in [0.29, 0.717) is 6.04 Å². The first-order valence-corrected chi connectivity index (χ1v) is 6.69. The third-order valence-electron chi connectivity index (χ3n) is 3.37. The molecule has 1 aliphatic carbocycles. The van der Waals surface area contributed by atoms with Gasteiger partial charge in [0.25, 0.3) is 0 Å². The highest BCUT2D eigenvalue weighted by atomic mass is 35.5. The van der Waals surface area contributed by atoms with Crippen molar-refractivity contribution in [3.05, 3.63) is 16.4 Å². The van der Waals surface area contributed by atoms with E-state index in [2.05, 4.69) is 24.3 Å². The Kier molecular flexibility index (Phi) is 4.07. The van der Waals surface area contributed by atoms with Crippen molar-refractivity contribution in [1.29, 1.82) is 0 Å². The lowest BCUT2D eigenvalue weighted by Gasteiger charge is -2.32. The SMILES string of the molecule is CCc1nn(CC)c(CNC2CC(O)C2)c1Cl. The molecule has 0 radical (unpaired) electrons. The van der Waals surface area contributed by atoms with E-state index in [1.54, 1.807) is 0 Å². The van der Waals surface area contributed by atoms with Crippen molar-refractivity contribution in [3.63, 3.8) is 0 Å². The Hall–Kier alpha value is -0.580. The molecular weight excluding hydrogens is 238 g/mol. The molecule has 1 aromatic heterocycles. The zero-order valence-electron chi connectivity index (χ0n) is 10.4. The molecule has 4 nitrogen and oxygen atoms in total. The monoisotopic (exact) mass is 257 g/mol. The number of aliphatic hydroxyl groups is 1. The van der Waals surface area contributed by atoms with Crippen LogP contribution in [0.2, 0.25) is 5.02 Å². The Labute approximate surface area is 107 Å². The summed E-state index contributed by atoms with van der Waals surface area (Å²) in [5.74, 6) is 0. The standard InChI is InChI=1S/C12H20ClN3O/c1-3-10-12(13)11(16(4-2)15-10)7-14-8-5-9(17)6-8/h8-9,14,17H,3-7H2,1-2H3. The second-order valence-electron chi connectivity index (χ2n) is 4.58. The second-order valence-corrected chi connectivity index (χ2v) is 4.96. The number of hydrogen-bond acceptors (Lipinski definition) is 3. The lowest BCUT2D eigenvalue weighted by molar-refractivity contribution is 0.0616. The molecule has 2 rings (SSSR count). The number of aliphatic hydroxyl groups excluding tert-OH is 1. The van der Waals surface area contributed by atoms with Crippen LogP contribution in [0.25, 0.3) is 0 Å². The number of hydrogen-bond donors (Lipinski definition) is 2. The van der Waals surface area contributed by atoms with Gasteiger partial charge in [-0.2, -0.15) is 5.10 Å². The van der Waals surface area contributed by atoms with Crippen molar-refractivity contribution in [3.8, 4) is 0 Å². The highest BCUT2D eigenvalue weighted by Gasteiger charge is 2.27. The zero-order valence-corrected chi connectivity index (χ0v) is 11.2. The topological polar surface area (TPSA) is 50.1 Å². The maximum atomic E-state index is 9.23. The third kappa shape index (κ3) is 2.64. The first-order chi connectivity index (χ1) is 8.15. The molecule has 17 heavy (non-hydrogen) atoms. The van der Waals surface area contributed by atoms with E-state index >= 15 is 0 Å². The van der Waals surface area contributed by atoms with Crippen LogP contribution in [0.5, 0.6) is 0 Å². The molecule has 0 bridgehead atoms. The fourth-order valence-electron chi connectivity index (χ4n) is 2.18. The minimum atomic E-state index is -0.120. The molecule has 0 aromatic carbocycles. The van der Waals surface area contributed by atoms with Gasteiger partial charge in [-0.05, 0) is 26.2 Å². The van der Waals surface area contributed by atoms with Gasteiger partial charge in [0.15, 0.2) is 0 Å². The van der Waals surface area contributed by atoms with Crippen LogP contribution in [-0.4, -0.2) is 27.0 Å². The Morgan fingerprint density at radius 3 is 2.71 bits per heavy atom. The van der Waals surface area contributed by atoms with Gasteiger partial charge in [-0.1, -0.05) is 18.5 Å². The molecule has 0 saturated heterocycles. The highest BCUT2D eigenvalue weighted by Crippen LogP contribution is 2.24. The Bertz CT molecular complexity index is 385. The predicted octanol–water partition coefficient (Wildman–Crippen LogP) is 1.73. The molecule has 0 unspecified atom stereocenters. The van der Waals surface area contributed by atoms with Gasteiger partial charge in [-0.3, -0.25) is 4.68 Å². The summed E-state index contributed by atoms with van der Waals surface area (Å²) in [4.78, 5) is 0. The van der Waals surface area contributed by atoms with Gasteiger partial charge in [0.2, 0.25) is 0 Å². The van der Waals surface area contributed by atoms with Crippen LogP contribution in [0.1, 0.15) is 38.1 Å². The minimum absolute atomic E-state index is 0.120. The first-order valence-electron chi connectivity index (χ1n) is 6.31. The van der Waals surface area contributed by atoms with Gasteiger partial charge in [0.05, 0.1) is 22.5 Å². The summed E-state index contributed by atoms with van der Waals surface area (Å²) in [6, 6.07) is 0.423. The summed E-state index contributed by atoms with van der Waals surface area (Å²) in [5.41, 5.74) is 2.03. The normalized spacial score (nSPS) is 23.8. The fourth-order valence-corrected chi connectivity index (χ4v) is 2.52. The molecule has 0 spiro atoms. The number of rotatable bonds is 5. The molecule has 1 heterocycles. The number of aryl methyl sites for hydroxylation is 2. The van der Waals surface area contributed by atoms with Gasteiger partial charge < -0.3 is 10.4 Å². The van der Waals surface area contributed by atoms with Crippen LogP contribution in [0.4, 0.5) is 0 Å². The van der Waals surface area contributed by atoms with Gasteiger partial charge >= 0.3 is 0 Å². The van der Waals surface area contributed by atoms with E-state index in [9.17, 15) is 5.11 Å². The quantitative estimate of drug-likeness (QED) is 0.845. The lowest BCUT2D eigenvalue weighted by Crippen LogP contribution is -2.43. The first kappa shape index (κ1) is 12.9. The highest BCUT2D eigenvalue weighted by molar-refractivity contribution is 6.31. The smallest absolute Gasteiger partial charge is 0.0863 e. The molecule has 96 valence electrons. The molecule has 1 fully saturated rings. The average Bonchev–Trinajstić information content (AvgIpc) is 2.59. The fraction of sp³-hybridized carbons (Fsp3) is 0.750. The third-order valence-corrected chi connectivity index (χ3v) is 3.80. The maximum Gasteiger partial charge on any atom is 0.0863 e. The van der Waals surface area contributed by atoms with E-state index < -0.39 is 0 Å². The number of halogens is 1. The molecule has 5 heteroatoms. The largest absolute Gasteiger partial charge is 0.393 e. The molecular formula is C12H20ClN3O. The van der Waals surface area contributed by atoms with Crippen molar-refractivity contribution >= 4 is 11.6 Å². The van der Waals surface area contributed by atoms with E-state index in [0.717, 1.165) is 48.8 Å². The van der Waals surface area contributed by atoms with Gasteiger partial charge in [0.1, 0.15) is 0 Å². The van der Waals surface area contributed by atoms with Gasteiger partial charge in [-0.25, -0.2) is 0 Å². The number of aromatic nitrogens is 2. The summed E-state index contributed by atoms with van der Waals surface area (Å²) in [7, 11) is 0. The maximum absolute atomic E-state index is 9.23. The van der Waals surface area contributed by atoms with E-state index in [1.165, 1.54) is 0 Å². The van der Waals surface area contributed by atoms with Gasteiger partial charge in [-0.15, -0.1) is 0 Å². The summed E-state index contributed by atoms with van der Waals surface area (Å²) in [6.45, 7) is 5.70. The summed E-state index contributed by atoms with van der Waals surface area (Å²) >= 11 is 6.31. The van der Waals surface area contributed by atoms with Crippen molar-refractivity contribution in [1.82, 2.24) is 15.1 Å². The Morgan fingerprint density at radius 2 is 2.18 bits per heavy atom. The number of nitrogens with one attached hydrogen (secondary N) is 1. The van der Waals surface area contributed by atoms with Crippen LogP contribution >= 0.6 is 11.6 Å². The molecule has 0 aliphatic heterocycles. The van der Waals surface area contributed by atoms with Gasteiger partial charge in [0, 0.05) is 19.1 Å².